The summed E-state index contributed by atoms with van der Waals surface area (Å²) < 4.78 is 41.4. The number of sulfonamides is 1. The van der Waals surface area contributed by atoms with Crippen molar-refractivity contribution in [3.63, 3.8) is 0 Å². The minimum atomic E-state index is -3.72. The highest BCUT2D eigenvalue weighted by molar-refractivity contribution is 7.94. The Morgan fingerprint density at radius 3 is 2.22 bits per heavy atom. The number of nitrogens with one attached hydrogen (secondary N) is 1. The van der Waals surface area contributed by atoms with Crippen molar-refractivity contribution in [2.45, 2.75) is 66.2 Å². The molecule has 0 aromatic heterocycles. The summed E-state index contributed by atoms with van der Waals surface area (Å²) in [6.45, 7) is 10.1. The van der Waals surface area contributed by atoms with Gasteiger partial charge in [0.05, 0.1) is 18.5 Å². The van der Waals surface area contributed by atoms with E-state index in [1.165, 1.54) is 6.92 Å². The molecule has 0 heterocycles. The predicted molar refractivity (Wildman–Crippen MR) is 102 cm³/mol. The first kappa shape index (κ1) is 26.1. The summed E-state index contributed by atoms with van der Waals surface area (Å²) in [5.41, 5.74) is 0. The normalized spacial score (nSPS) is 14.2. The van der Waals surface area contributed by atoms with Crippen molar-refractivity contribution in [3.8, 4) is 0 Å². The molecule has 0 saturated carbocycles. The average Bonchev–Trinajstić information content (AvgIpc) is 2.55. The predicted octanol–water partition coefficient (Wildman–Crippen LogP) is 1.82. The average molecular weight is 430 g/mol. The molecule has 160 valence electrons. The summed E-state index contributed by atoms with van der Waals surface area (Å²) in [7, 11) is -3.72. The minimum absolute atomic E-state index is 0.0855. The maximum atomic E-state index is 12.3. The molecule has 2 atom stereocenters. The lowest BCUT2D eigenvalue weighted by molar-refractivity contribution is -0.220. The Morgan fingerprint density at radius 2 is 1.70 bits per heavy atom. The lowest BCUT2D eigenvalue weighted by Crippen LogP contribution is -2.47. The van der Waals surface area contributed by atoms with Gasteiger partial charge >= 0.3 is 11.9 Å². The first-order valence-corrected chi connectivity index (χ1v) is 11.4. The van der Waals surface area contributed by atoms with Gasteiger partial charge in [0.1, 0.15) is 6.04 Å². The zero-order chi connectivity index (χ0) is 21.0. The van der Waals surface area contributed by atoms with Crippen LogP contribution in [0.4, 0.5) is 0 Å². The SMILES string of the molecule is CCOC(=O)C(C)OC(=O)C(NS(=O)(=O)CCCSOOC(C)C)C(C)C. The molecule has 0 rings (SSSR count). The first-order chi connectivity index (χ1) is 12.5. The quantitative estimate of drug-likeness (QED) is 0.145. The second-order valence-corrected chi connectivity index (χ2v) is 9.03. The van der Waals surface area contributed by atoms with E-state index in [1.54, 1.807) is 20.8 Å². The van der Waals surface area contributed by atoms with Crippen molar-refractivity contribution in [1.29, 1.82) is 0 Å². The van der Waals surface area contributed by atoms with Gasteiger partial charge in [-0.15, -0.1) is 0 Å². The Balaban J connectivity index is 4.56. The highest BCUT2D eigenvalue weighted by atomic mass is 32.2. The van der Waals surface area contributed by atoms with Gasteiger partial charge in [-0.2, -0.15) is 4.33 Å². The van der Waals surface area contributed by atoms with Crippen molar-refractivity contribution in [3.05, 3.63) is 0 Å². The van der Waals surface area contributed by atoms with Gasteiger partial charge < -0.3 is 9.47 Å². The molecule has 0 aliphatic heterocycles. The van der Waals surface area contributed by atoms with Crippen LogP contribution in [0.5, 0.6) is 0 Å². The lowest BCUT2D eigenvalue weighted by atomic mass is 10.1. The number of hydrogen-bond donors (Lipinski definition) is 1. The Kier molecular flexibility index (Phi) is 12.9. The van der Waals surface area contributed by atoms with E-state index in [-0.39, 0.29) is 24.4 Å². The molecule has 0 saturated heterocycles. The molecule has 2 unspecified atom stereocenters. The summed E-state index contributed by atoms with van der Waals surface area (Å²) in [6, 6.07) is -1.10. The number of carbonyl (C=O) groups excluding carboxylic acids is 2. The molecule has 1 N–H and O–H groups in total. The van der Waals surface area contributed by atoms with Gasteiger partial charge in [-0.05, 0) is 40.0 Å². The fourth-order valence-electron chi connectivity index (χ4n) is 1.71. The fraction of sp³-hybridized carbons (Fsp3) is 0.875. The third-order valence-electron chi connectivity index (χ3n) is 3.06. The fourth-order valence-corrected chi connectivity index (χ4v) is 3.84. The van der Waals surface area contributed by atoms with Crippen molar-refractivity contribution in [2.75, 3.05) is 18.1 Å². The number of carbonyl (C=O) groups is 2. The topological polar surface area (TPSA) is 117 Å². The maximum absolute atomic E-state index is 12.3. The van der Waals surface area contributed by atoms with Gasteiger partial charge in [-0.3, -0.25) is 4.79 Å². The number of ether oxygens (including phenoxy) is 2. The van der Waals surface area contributed by atoms with E-state index in [0.29, 0.717) is 12.2 Å². The van der Waals surface area contributed by atoms with Crippen LogP contribution in [-0.2, 0) is 38.3 Å². The van der Waals surface area contributed by atoms with E-state index in [2.05, 4.69) is 4.72 Å². The Bertz CT molecular complexity index is 551. The van der Waals surface area contributed by atoms with Crippen LogP contribution in [0.1, 0.15) is 48.0 Å². The molecule has 11 heteroatoms. The van der Waals surface area contributed by atoms with Gasteiger partial charge in [-0.1, -0.05) is 13.8 Å². The van der Waals surface area contributed by atoms with E-state index in [0.717, 1.165) is 12.0 Å². The minimum Gasteiger partial charge on any atom is -0.463 e. The van der Waals surface area contributed by atoms with Crippen LogP contribution in [0.3, 0.4) is 0 Å². The second kappa shape index (κ2) is 13.3. The third-order valence-corrected chi connectivity index (χ3v) is 5.13. The third kappa shape index (κ3) is 12.2. The Morgan fingerprint density at radius 1 is 1.07 bits per heavy atom. The van der Waals surface area contributed by atoms with Crippen LogP contribution < -0.4 is 4.72 Å². The van der Waals surface area contributed by atoms with Crippen molar-refractivity contribution in [1.82, 2.24) is 4.72 Å². The molecule has 9 nitrogen and oxygen atoms in total. The van der Waals surface area contributed by atoms with E-state index in [4.69, 9.17) is 18.7 Å². The Hall–Kier alpha value is -0.880. The molecule has 0 bridgehead atoms. The van der Waals surface area contributed by atoms with E-state index in [1.807, 2.05) is 13.8 Å². The smallest absolute Gasteiger partial charge is 0.347 e. The molecule has 0 aromatic carbocycles. The molecule has 0 fully saturated rings. The number of hydrogen-bond acceptors (Lipinski definition) is 9. The van der Waals surface area contributed by atoms with Crippen LogP contribution in [-0.4, -0.2) is 56.7 Å². The van der Waals surface area contributed by atoms with E-state index in [9.17, 15) is 18.0 Å². The molecule has 0 aliphatic rings. The number of esters is 2. The summed E-state index contributed by atoms with van der Waals surface area (Å²) in [5.74, 6) is -1.65. The van der Waals surface area contributed by atoms with Crippen molar-refractivity contribution >= 4 is 34.0 Å². The van der Waals surface area contributed by atoms with Crippen LogP contribution in [0.25, 0.3) is 0 Å². The summed E-state index contributed by atoms with van der Waals surface area (Å²) in [4.78, 5) is 28.7. The van der Waals surface area contributed by atoms with Crippen molar-refractivity contribution < 1.29 is 36.7 Å². The molecule has 0 aromatic rings. The van der Waals surface area contributed by atoms with Crippen LogP contribution in [0.2, 0.25) is 0 Å². The molecule has 0 aliphatic carbocycles. The second-order valence-electron chi connectivity index (χ2n) is 6.38. The molecule has 0 amide bonds. The summed E-state index contributed by atoms with van der Waals surface area (Å²) >= 11 is 1.01. The van der Waals surface area contributed by atoms with Crippen molar-refractivity contribution in [2.24, 2.45) is 5.92 Å². The number of rotatable bonds is 14. The van der Waals surface area contributed by atoms with E-state index < -0.39 is 34.1 Å². The van der Waals surface area contributed by atoms with Crippen LogP contribution in [0, 0.1) is 5.92 Å². The highest BCUT2D eigenvalue weighted by Gasteiger charge is 2.31. The standard InChI is InChI=1S/C16H31NO8S2/c1-7-22-15(18)13(6)23-16(19)14(11(2)3)17-27(20,21)10-8-9-26-25-24-12(4)5/h11-14,17H,7-10H2,1-6H3. The lowest BCUT2D eigenvalue weighted by Gasteiger charge is -2.22. The van der Waals surface area contributed by atoms with Gasteiger partial charge in [0.25, 0.3) is 0 Å². The first-order valence-electron chi connectivity index (χ1n) is 8.82. The zero-order valence-electron chi connectivity index (χ0n) is 16.7. The highest BCUT2D eigenvalue weighted by Crippen LogP contribution is 2.11. The van der Waals surface area contributed by atoms with Gasteiger partial charge in [-0.25, -0.2) is 22.8 Å². The summed E-state index contributed by atoms with van der Waals surface area (Å²) in [5, 5.41) is 0. The summed E-state index contributed by atoms with van der Waals surface area (Å²) in [6.07, 6.45) is -0.893. The van der Waals surface area contributed by atoms with Gasteiger partial charge in [0.2, 0.25) is 10.0 Å². The van der Waals surface area contributed by atoms with Crippen LogP contribution in [0.15, 0.2) is 0 Å². The zero-order valence-corrected chi connectivity index (χ0v) is 18.4. The molecule has 27 heavy (non-hydrogen) atoms. The Labute approximate surface area is 166 Å². The van der Waals surface area contributed by atoms with Gasteiger partial charge in [0, 0.05) is 17.8 Å². The monoisotopic (exact) mass is 429 g/mol. The van der Waals surface area contributed by atoms with Crippen LogP contribution >= 0.6 is 12.0 Å². The molecule has 0 radical (unpaired) electrons. The maximum Gasteiger partial charge on any atom is 0.347 e. The molecular weight excluding hydrogens is 398 g/mol. The van der Waals surface area contributed by atoms with Gasteiger partial charge in [0.15, 0.2) is 6.10 Å². The molecular formula is C16H31NO8S2. The van der Waals surface area contributed by atoms with E-state index >= 15 is 0 Å². The largest absolute Gasteiger partial charge is 0.463 e. The molecule has 0 spiro atoms.